The van der Waals surface area contributed by atoms with Gasteiger partial charge in [0.15, 0.2) is 5.76 Å². The maximum Gasteiger partial charge on any atom is 0.519 e. The van der Waals surface area contributed by atoms with Gasteiger partial charge in [-0.15, -0.1) is 0 Å². The van der Waals surface area contributed by atoms with Crippen LogP contribution in [0.25, 0.3) is 5.76 Å². The average molecular weight is 502 g/mol. The van der Waals surface area contributed by atoms with Crippen molar-refractivity contribution < 1.29 is 14.3 Å². The van der Waals surface area contributed by atoms with Gasteiger partial charge in [0.25, 0.3) is 0 Å². The summed E-state index contributed by atoms with van der Waals surface area (Å²) in [5, 5.41) is 3.46. The van der Waals surface area contributed by atoms with Crippen LogP contribution in [0.2, 0.25) is 0 Å². The Morgan fingerprint density at radius 3 is 1.32 bits per heavy atom. The Kier molecular flexibility index (Phi) is 7.55. The number of rotatable bonds is 7. The minimum Gasteiger partial charge on any atom is -0.395 e. The van der Waals surface area contributed by atoms with Gasteiger partial charge < -0.3 is 9.47 Å². The third-order valence-electron chi connectivity index (χ3n) is 6.00. The van der Waals surface area contributed by atoms with E-state index in [0.717, 1.165) is 21.5 Å². The summed E-state index contributed by atoms with van der Waals surface area (Å²) in [6.45, 7) is 0. The van der Waals surface area contributed by atoms with Gasteiger partial charge in [0.2, 0.25) is 0 Å². The topological polar surface area (TPSA) is 35.5 Å². The van der Waals surface area contributed by atoms with Crippen LogP contribution in [0.1, 0.15) is 5.56 Å². The third kappa shape index (κ3) is 5.53. The Labute approximate surface area is 218 Å². The lowest BCUT2D eigenvalue weighted by Crippen LogP contribution is -2.30. The van der Waals surface area contributed by atoms with Crippen molar-refractivity contribution in [3.8, 4) is 5.75 Å². The molecule has 180 valence electrons. The molecule has 0 N–H and O–H groups in total. The van der Waals surface area contributed by atoms with Crippen LogP contribution in [0.15, 0.2) is 157 Å². The second kappa shape index (κ2) is 11.5. The number of benzene rings is 5. The van der Waals surface area contributed by atoms with Crippen molar-refractivity contribution in [1.82, 2.24) is 0 Å². The van der Waals surface area contributed by atoms with Crippen LogP contribution in [-0.2, 0) is 4.74 Å². The Bertz CT molecular complexity index is 1360. The highest BCUT2D eigenvalue weighted by atomic mass is 31.2. The molecule has 0 fully saturated rings. The molecule has 0 unspecified atom stereocenters. The van der Waals surface area contributed by atoms with Gasteiger partial charge in [-0.05, 0) is 48.5 Å². The number of hydrogen-bond acceptors (Lipinski definition) is 3. The molecule has 0 aliphatic carbocycles. The summed E-state index contributed by atoms with van der Waals surface area (Å²) in [5.74, 6) is 3.01. The molecule has 5 aromatic rings. The van der Waals surface area contributed by atoms with E-state index < -0.39 is 13.4 Å². The summed E-state index contributed by atoms with van der Waals surface area (Å²) >= 11 is 0. The van der Waals surface area contributed by atoms with Gasteiger partial charge in [0.05, 0.1) is 0 Å². The predicted octanol–water partition coefficient (Wildman–Crippen LogP) is 7.19. The minimum absolute atomic E-state index is 0.426. The first-order valence-corrected chi connectivity index (χ1v) is 13.9. The standard InChI is InChI=1S/C33H26O3P/c34-33(35-28-18-8-2-9-19-28)36-32(27-16-6-1-7-17-27)26-37(29-20-10-3-11-21-29,30-22-12-4-13-23-30)31-24-14-5-15-25-31/h1-26H/q+1. The molecule has 0 aliphatic rings. The highest BCUT2D eigenvalue weighted by molar-refractivity contribution is 7.98. The van der Waals surface area contributed by atoms with Gasteiger partial charge in [-0.25, -0.2) is 4.79 Å². The minimum atomic E-state index is -2.41. The van der Waals surface area contributed by atoms with Crippen LogP contribution in [0, 0.1) is 0 Å². The van der Waals surface area contributed by atoms with E-state index in [2.05, 4.69) is 78.6 Å². The summed E-state index contributed by atoms with van der Waals surface area (Å²) in [7, 11) is -2.41. The Hall–Kier alpha value is -4.46. The van der Waals surface area contributed by atoms with Crippen LogP contribution in [0.4, 0.5) is 4.79 Å². The summed E-state index contributed by atoms with van der Waals surface area (Å²) < 4.78 is 11.5. The molecule has 0 aliphatic heterocycles. The summed E-state index contributed by atoms with van der Waals surface area (Å²) in [5.41, 5.74) is 0.791. The lowest BCUT2D eigenvalue weighted by Gasteiger charge is -2.25. The van der Waals surface area contributed by atoms with Crippen LogP contribution >= 0.6 is 7.26 Å². The van der Waals surface area contributed by atoms with E-state index in [1.165, 1.54) is 0 Å². The number of carbonyl (C=O) groups excluding carboxylic acids is 1. The van der Waals surface area contributed by atoms with E-state index in [-0.39, 0.29) is 0 Å². The van der Waals surface area contributed by atoms with E-state index in [9.17, 15) is 4.79 Å². The molecule has 0 heterocycles. The van der Waals surface area contributed by atoms with Gasteiger partial charge in [0, 0.05) is 5.56 Å². The largest absolute Gasteiger partial charge is 0.519 e. The molecule has 3 nitrogen and oxygen atoms in total. The zero-order valence-corrected chi connectivity index (χ0v) is 21.1. The normalized spacial score (nSPS) is 11.5. The lowest BCUT2D eigenvalue weighted by molar-refractivity contribution is 0.142. The molecule has 0 amide bonds. The molecule has 0 atom stereocenters. The lowest BCUT2D eigenvalue weighted by atomic mass is 10.2. The summed E-state index contributed by atoms with van der Waals surface area (Å²) in [6, 6.07) is 49.9. The smallest absolute Gasteiger partial charge is 0.395 e. The fourth-order valence-corrected chi connectivity index (χ4v) is 8.12. The van der Waals surface area contributed by atoms with Crippen LogP contribution in [0.5, 0.6) is 5.75 Å². The van der Waals surface area contributed by atoms with Gasteiger partial charge in [-0.1, -0.05) is 103 Å². The van der Waals surface area contributed by atoms with Crippen molar-refractivity contribution in [1.29, 1.82) is 0 Å². The predicted molar refractivity (Wildman–Crippen MR) is 153 cm³/mol. The maximum atomic E-state index is 13.0. The first-order chi connectivity index (χ1) is 18.3. The second-order valence-electron chi connectivity index (χ2n) is 8.36. The van der Waals surface area contributed by atoms with Crippen molar-refractivity contribution in [3.05, 3.63) is 163 Å². The van der Waals surface area contributed by atoms with Crippen molar-refractivity contribution in [2.75, 3.05) is 0 Å². The number of para-hydroxylation sites is 1. The van der Waals surface area contributed by atoms with Crippen molar-refractivity contribution in [2.45, 2.75) is 0 Å². The Morgan fingerprint density at radius 2 is 0.892 bits per heavy atom. The van der Waals surface area contributed by atoms with Crippen LogP contribution < -0.4 is 20.7 Å². The zero-order valence-electron chi connectivity index (χ0n) is 20.2. The number of ether oxygens (including phenoxy) is 2. The van der Waals surface area contributed by atoms with Crippen molar-refractivity contribution >= 4 is 35.1 Å². The van der Waals surface area contributed by atoms with Gasteiger partial charge in [-0.3, -0.25) is 0 Å². The van der Waals surface area contributed by atoms with E-state index in [1.807, 2.05) is 66.7 Å². The highest BCUT2D eigenvalue weighted by Crippen LogP contribution is 2.58. The second-order valence-corrected chi connectivity index (χ2v) is 11.6. The van der Waals surface area contributed by atoms with Crippen molar-refractivity contribution in [3.63, 3.8) is 0 Å². The molecule has 0 spiro atoms. The fraction of sp³-hybridized carbons (Fsp3) is 0. The first-order valence-electron chi connectivity index (χ1n) is 12.0. The SMILES string of the molecule is O=C(OC(=C[P+](c1ccccc1)(c1ccccc1)c1ccccc1)c1ccccc1)Oc1ccccc1. The molecule has 37 heavy (non-hydrogen) atoms. The molecule has 5 rings (SSSR count). The van der Waals surface area contributed by atoms with E-state index in [0.29, 0.717) is 11.5 Å². The van der Waals surface area contributed by atoms with Crippen LogP contribution in [-0.4, -0.2) is 6.16 Å². The molecule has 0 aromatic heterocycles. The quantitative estimate of drug-likeness (QED) is 0.102. The highest BCUT2D eigenvalue weighted by Gasteiger charge is 2.45. The molecule has 0 bridgehead atoms. The molecular formula is C33H26O3P+. The van der Waals surface area contributed by atoms with E-state index in [4.69, 9.17) is 9.47 Å². The van der Waals surface area contributed by atoms with Crippen molar-refractivity contribution in [2.24, 2.45) is 0 Å². The average Bonchev–Trinajstić information content (AvgIpc) is 2.98. The van der Waals surface area contributed by atoms with E-state index >= 15 is 0 Å². The summed E-state index contributed by atoms with van der Waals surface area (Å²) in [6.07, 6.45) is -0.784. The molecule has 0 radical (unpaired) electrons. The number of carbonyl (C=O) groups is 1. The molecule has 0 saturated heterocycles. The maximum absolute atomic E-state index is 13.0. The Morgan fingerprint density at radius 1 is 0.514 bits per heavy atom. The first kappa shape index (κ1) is 24.2. The van der Waals surface area contributed by atoms with E-state index in [1.54, 1.807) is 12.1 Å². The van der Waals surface area contributed by atoms with Gasteiger partial charge in [-0.2, -0.15) is 0 Å². The molecule has 5 aromatic carbocycles. The Balaban J connectivity index is 1.72. The molecular weight excluding hydrogens is 475 g/mol. The monoisotopic (exact) mass is 501 g/mol. The fourth-order valence-electron chi connectivity index (χ4n) is 4.29. The molecule has 4 heteroatoms. The zero-order chi connectivity index (χ0) is 25.3. The summed E-state index contributed by atoms with van der Waals surface area (Å²) in [4.78, 5) is 13.0. The van der Waals surface area contributed by atoms with Gasteiger partial charge >= 0.3 is 6.16 Å². The molecule has 0 saturated carbocycles. The van der Waals surface area contributed by atoms with Crippen LogP contribution in [0.3, 0.4) is 0 Å². The van der Waals surface area contributed by atoms with Gasteiger partial charge in [0.1, 0.15) is 34.7 Å². The number of hydrogen-bond donors (Lipinski definition) is 0. The third-order valence-corrected chi connectivity index (χ3v) is 9.96.